The van der Waals surface area contributed by atoms with Crippen LogP contribution in [0.1, 0.15) is 16.8 Å². The summed E-state index contributed by atoms with van der Waals surface area (Å²) in [6.45, 7) is 0. The minimum Gasteiger partial charge on any atom is -0.321 e. The number of carbonyl (C=O) groups is 1. The highest BCUT2D eigenvalue weighted by Crippen LogP contribution is 2.19. The summed E-state index contributed by atoms with van der Waals surface area (Å²) in [5.41, 5.74) is 1.62. The minimum absolute atomic E-state index is 0.0249. The maximum atomic E-state index is 12.5. The number of fused-ring (bicyclic) bond motifs is 1. The van der Waals surface area contributed by atoms with Gasteiger partial charge in [0, 0.05) is 17.0 Å². The van der Waals surface area contributed by atoms with Crippen LogP contribution in [0.4, 0.5) is 5.69 Å². The van der Waals surface area contributed by atoms with Crippen LogP contribution in [0.25, 0.3) is 10.9 Å². The van der Waals surface area contributed by atoms with Crippen LogP contribution in [0.3, 0.4) is 0 Å². The van der Waals surface area contributed by atoms with E-state index in [-0.39, 0.29) is 28.4 Å². The topological polar surface area (TPSA) is 122 Å². The molecule has 1 fully saturated rings. The number of nitrogens with zero attached hydrogens (tertiary/aromatic N) is 1. The summed E-state index contributed by atoms with van der Waals surface area (Å²) in [6.07, 6.45) is 1.81. The number of sulfonamides is 1. The van der Waals surface area contributed by atoms with Crippen LogP contribution >= 0.6 is 0 Å². The number of aromatic nitrogens is 1. The third-order valence-electron chi connectivity index (χ3n) is 4.83. The van der Waals surface area contributed by atoms with Crippen molar-refractivity contribution in [3.8, 4) is 0 Å². The summed E-state index contributed by atoms with van der Waals surface area (Å²) in [4.78, 5) is 16.7. The molecule has 1 aromatic heterocycles. The van der Waals surface area contributed by atoms with Gasteiger partial charge in [0.05, 0.1) is 33.8 Å². The number of benzene rings is 2. The molecule has 0 aliphatic carbocycles. The second kappa shape index (κ2) is 7.78. The molecule has 10 heteroatoms. The fraction of sp³-hybridized carbons (Fsp3) is 0.200. The van der Waals surface area contributed by atoms with E-state index < -0.39 is 31.8 Å². The van der Waals surface area contributed by atoms with Gasteiger partial charge in [-0.3, -0.25) is 9.78 Å². The van der Waals surface area contributed by atoms with E-state index in [1.807, 2.05) is 24.3 Å². The Kier molecular flexibility index (Phi) is 5.31. The molecular formula is C20H19N3O5S2. The molecule has 1 aliphatic heterocycles. The van der Waals surface area contributed by atoms with Crippen LogP contribution < -0.4 is 10.0 Å². The first-order chi connectivity index (χ1) is 14.2. The number of carbonyl (C=O) groups excluding carboxylic acids is 1. The average molecular weight is 446 g/mol. The molecule has 3 aromatic rings. The van der Waals surface area contributed by atoms with Crippen molar-refractivity contribution in [3.63, 3.8) is 0 Å². The lowest BCUT2D eigenvalue weighted by molar-refractivity contribution is 0.102. The third-order valence-corrected chi connectivity index (χ3v) is 8.13. The van der Waals surface area contributed by atoms with E-state index >= 15 is 0 Å². The van der Waals surface area contributed by atoms with Gasteiger partial charge in [-0.05, 0) is 42.8 Å². The van der Waals surface area contributed by atoms with Gasteiger partial charge in [-0.2, -0.15) is 0 Å². The molecule has 2 aromatic carbocycles. The van der Waals surface area contributed by atoms with E-state index in [1.165, 1.54) is 24.3 Å². The predicted octanol–water partition coefficient (Wildman–Crippen LogP) is 1.95. The van der Waals surface area contributed by atoms with Crippen molar-refractivity contribution < 1.29 is 21.6 Å². The first kappa shape index (κ1) is 20.5. The van der Waals surface area contributed by atoms with Crippen LogP contribution in [0.5, 0.6) is 0 Å². The standard InChI is InChI=1S/C20H19N3O5S2/c24-20(22-17-11-15-3-1-2-4-19(15)21-12-17)14-5-7-18(8-6-14)30(27,28)23-16-9-10-29(25,26)13-16/h1-8,11-12,16,23H,9-10,13H2,(H,22,24)/t16-/m0/s1. The van der Waals surface area contributed by atoms with E-state index in [0.29, 0.717) is 5.69 Å². The molecule has 0 unspecified atom stereocenters. The van der Waals surface area contributed by atoms with Crippen molar-refractivity contribution in [2.45, 2.75) is 17.4 Å². The van der Waals surface area contributed by atoms with Crippen molar-refractivity contribution in [3.05, 3.63) is 66.4 Å². The van der Waals surface area contributed by atoms with Crippen LogP contribution in [0, 0.1) is 0 Å². The van der Waals surface area contributed by atoms with Crippen LogP contribution in [0.15, 0.2) is 65.7 Å². The highest BCUT2D eigenvalue weighted by Gasteiger charge is 2.31. The lowest BCUT2D eigenvalue weighted by Gasteiger charge is -2.12. The third kappa shape index (κ3) is 4.50. The Balaban J connectivity index is 1.46. The Morgan fingerprint density at radius 3 is 2.50 bits per heavy atom. The maximum Gasteiger partial charge on any atom is 0.255 e. The number of para-hydroxylation sites is 1. The van der Waals surface area contributed by atoms with Gasteiger partial charge >= 0.3 is 0 Å². The van der Waals surface area contributed by atoms with Crippen molar-refractivity contribution in [1.29, 1.82) is 0 Å². The fourth-order valence-electron chi connectivity index (χ4n) is 3.30. The van der Waals surface area contributed by atoms with E-state index in [2.05, 4.69) is 15.0 Å². The zero-order chi connectivity index (χ0) is 21.4. The van der Waals surface area contributed by atoms with Gasteiger partial charge in [0.25, 0.3) is 5.91 Å². The maximum absolute atomic E-state index is 12.5. The number of anilines is 1. The Morgan fingerprint density at radius 1 is 1.07 bits per heavy atom. The molecule has 30 heavy (non-hydrogen) atoms. The molecule has 1 amide bonds. The Labute approximate surface area is 174 Å². The van der Waals surface area contributed by atoms with Gasteiger partial charge in [0.2, 0.25) is 10.0 Å². The molecule has 2 heterocycles. The molecule has 0 bridgehead atoms. The van der Waals surface area contributed by atoms with Crippen molar-refractivity contribution in [1.82, 2.24) is 9.71 Å². The van der Waals surface area contributed by atoms with Crippen molar-refractivity contribution in [2.75, 3.05) is 16.8 Å². The lowest BCUT2D eigenvalue weighted by atomic mass is 10.2. The predicted molar refractivity (Wildman–Crippen MR) is 114 cm³/mol. The lowest BCUT2D eigenvalue weighted by Crippen LogP contribution is -2.35. The summed E-state index contributed by atoms with van der Waals surface area (Å²) in [7, 11) is -7.07. The SMILES string of the molecule is O=C(Nc1cnc2ccccc2c1)c1ccc(S(=O)(=O)N[C@H]2CCS(=O)(=O)C2)cc1. The molecule has 0 spiro atoms. The highest BCUT2D eigenvalue weighted by atomic mass is 32.2. The Morgan fingerprint density at radius 2 is 1.80 bits per heavy atom. The van der Waals surface area contributed by atoms with Gasteiger partial charge in [-0.25, -0.2) is 21.6 Å². The number of hydrogen-bond donors (Lipinski definition) is 2. The first-order valence-corrected chi connectivity index (χ1v) is 12.5. The average Bonchev–Trinajstić information content (AvgIpc) is 3.05. The summed E-state index contributed by atoms with van der Waals surface area (Å²) < 4.78 is 50.4. The van der Waals surface area contributed by atoms with E-state index in [0.717, 1.165) is 10.9 Å². The second-order valence-electron chi connectivity index (χ2n) is 7.12. The summed E-state index contributed by atoms with van der Waals surface area (Å²) in [5.74, 6) is -0.624. The van der Waals surface area contributed by atoms with Crippen molar-refractivity contribution in [2.24, 2.45) is 0 Å². The molecule has 156 valence electrons. The largest absolute Gasteiger partial charge is 0.321 e. The summed E-state index contributed by atoms with van der Waals surface area (Å²) in [5, 5.41) is 3.63. The monoisotopic (exact) mass is 445 g/mol. The minimum atomic E-state index is -3.88. The number of amides is 1. The molecule has 4 rings (SSSR count). The summed E-state index contributed by atoms with van der Waals surface area (Å²) in [6, 6.07) is 14.1. The van der Waals surface area contributed by atoms with Gasteiger partial charge in [-0.1, -0.05) is 18.2 Å². The molecule has 2 N–H and O–H groups in total. The fourth-order valence-corrected chi connectivity index (χ4v) is 6.35. The van der Waals surface area contributed by atoms with Gasteiger partial charge in [-0.15, -0.1) is 0 Å². The quantitative estimate of drug-likeness (QED) is 0.619. The number of pyridine rings is 1. The molecule has 1 aliphatic rings. The van der Waals surface area contributed by atoms with Crippen LogP contribution in [0.2, 0.25) is 0 Å². The molecular weight excluding hydrogens is 426 g/mol. The van der Waals surface area contributed by atoms with Gasteiger partial charge in [0.15, 0.2) is 9.84 Å². The molecule has 8 nitrogen and oxygen atoms in total. The van der Waals surface area contributed by atoms with E-state index in [9.17, 15) is 21.6 Å². The summed E-state index contributed by atoms with van der Waals surface area (Å²) >= 11 is 0. The molecule has 0 radical (unpaired) electrons. The van der Waals surface area contributed by atoms with Gasteiger partial charge in [0.1, 0.15) is 0 Å². The van der Waals surface area contributed by atoms with E-state index in [1.54, 1.807) is 12.3 Å². The van der Waals surface area contributed by atoms with Crippen molar-refractivity contribution >= 4 is 42.4 Å². The van der Waals surface area contributed by atoms with Crippen LogP contribution in [-0.4, -0.2) is 45.3 Å². The van der Waals surface area contributed by atoms with Gasteiger partial charge < -0.3 is 5.32 Å². The number of rotatable bonds is 5. The molecule has 1 atom stereocenters. The number of sulfone groups is 1. The second-order valence-corrected chi connectivity index (χ2v) is 11.1. The van der Waals surface area contributed by atoms with Crippen LogP contribution in [-0.2, 0) is 19.9 Å². The Bertz CT molecular complexity index is 1320. The molecule has 1 saturated heterocycles. The molecule has 0 saturated carbocycles. The Hall–Kier alpha value is -2.82. The normalized spacial score (nSPS) is 18.3. The number of hydrogen-bond acceptors (Lipinski definition) is 6. The smallest absolute Gasteiger partial charge is 0.255 e. The highest BCUT2D eigenvalue weighted by molar-refractivity contribution is 7.92. The first-order valence-electron chi connectivity index (χ1n) is 9.21. The van der Waals surface area contributed by atoms with E-state index in [4.69, 9.17) is 0 Å². The zero-order valence-electron chi connectivity index (χ0n) is 15.8. The zero-order valence-corrected chi connectivity index (χ0v) is 17.4. The number of nitrogens with one attached hydrogen (secondary N) is 2.